The maximum absolute atomic E-state index is 11.1. The van der Waals surface area contributed by atoms with Crippen LogP contribution in [0.5, 0.6) is 0 Å². The number of aliphatic hydroxyl groups excluding tert-OH is 1. The van der Waals surface area contributed by atoms with Crippen LogP contribution in [0, 0.1) is 5.92 Å². The molecule has 0 aromatic heterocycles. The average molecular weight is 221 g/mol. The minimum atomic E-state index is -3.01. The van der Waals surface area contributed by atoms with E-state index in [0.717, 1.165) is 13.0 Å². The number of aliphatic hydroxyl groups is 1. The van der Waals surface area contributed by atoms with Gasteiger partial charge < -0.3 is 10.4 Å². The highest BCUT2D eigenvalue weighted by atomic mass is 32.2. The molecule has 1 fully saturated rings. The summed E-state index contributed by atoms with van der Waals surface area (Å²) < 4.78 is 22.3. The largest absolute Gasteiger partial charge is 0.390 e. The van der Waals surface area contributed by atoms with Gasteiger partial charge in [0.15, 0.2) is 9.84 Å². The molecule has 1 aliphatic heterocycles. The van der Waals surface area contributed by atoms with Crippen LogP contribution in [0.15, 0.2) is 0 Å². The van der Waals surface area contributed by atoms with Crippen molar-refractivity contribution in [2.24, 2.45) is 5.92 Å². The summed E-state index contributed by atoms with van der Waals surface area (Å²) in [6.45, 7) is 5.00. The molecular formula is C9H19NO3S. The average Bonchev–Trinajstić information content (AvgIpc) is 2.24. The first kappa shape index (κ1) is 11.9. The van der Waals surface area contributed by atoms with Gasteiger partial charge >= 0.3 is 0 Å². The second kappa shape index (κ2) is 4.59. The second-order valence-corrected chi connectivity index (χ2v) is 6.54. The molecule has 0 unspecified atom stereocenters. The molecule has 2 atom stereocenters. The molecule has 1 heterocycles. The summed E-state index contributed by atoms with van der Waals surface area (Å²) in [6.07, 6.45) is 0.274. The van der Waals surface area contributed by atoms with Crippen LogP contribution in [0.1, 0.15) is 20.3 Å². The van der Waals surface area contributed by atoms with E-state index in [1.165, 1.54) is 0 Å². The van der Waals surface area contributed by atoms with E-state index in [0.29, 0.717) is 5.92 Å². The van der Waals surface area contributed by atoms with Crippen molar-refractivity contribution in [1.82, 2.24) is 5.32 Å². The van der Waals surface area contributed by atoms with E-state index in [1.807, 2.05) is 0 Å². The Hall–Kier alpha value is -0.130. The molecule has 1 aliphatic rings. The molecule has 2 N–H and O–H groups in total. The minimum Gasteiger partial charge on any atom is -0.390 e. The Kier molecular flexibility index (Phi) is 3.92. The Labute approximate surface area is 85.6 Å². The number of rotatable bonds is 4. The molecule has 1 saturated heterocycles. The first-order valence-corrected chi connectivity index (χ1v) is 6.85. The van der Waals surface area contributed by atoms with Gasteiger partial charge in [0.1, 0.15) is 0 Å². The zero-order valence-corrected chi connectivity index (χ0v) is 9.55. The molecular weight excluding hydrogens is 202 g/mol. The Morgan fingerprint density at radius 1 is 1.43 bits per heavy atom. The van der Waals surface area contributed by atoms with E-state index in [1.54, 1.807) is 0 Å². The lowest BCUT2D eigenvalue weighted by Gasteiger charge is -2.15. The highest BCUT2D eigenvalue weighted by Gasteiger charge is 2.35. The van der Waals surface area contributed by atoms with Gasteiger partial charge in [0.25, 0.3) is 0 Å². The molecule has 0 radical (unpaired) electrons. The molecule has 0 aliphatic carbocycles. The fraction of sp³-hybridized carbons (Fsp3) is 1.00. The zero-order chi connectivity index (χ0) is 10.8. The first-order valence-electron chi connectivity index (χ1n) is 5.02. The van der Waals surface area contributed by atoms with Gasteiger partial charge in [-0.2, -0.15) is 0 Å². The molecule has 0 saturated carbocycles. The van der Waals surface area contributed by atoms with Crippen LogP contribution in [-0.4, -0.2) is 43.7 Å². The van der Waals surface area contributed by atoms with Gasteiger partial charge in [-0.05, 0) is 18.9 Å². The standard InChI is InChI=1S/C9H19NO3S/c1-7(2)3-4-10-8-5-14(12,13)6-9(8)11/h7-11H,3-6H2,1-2H3/t8-,9+/m1/s1. The SMILES string of the molecule is CC(C)CCN[C@@H]1CS(=O)(=O)C[C@@H]1O. The van der Waals surface area contributed by atoms with Crippen LogP contribution < -0.4 is 5.32 Å². The van der Waals surface area contributed by atoms with E-state index in [4.69, 9.17) is 0 Å². The highest BCUT2D eigenvalue weighted by molar-refractivity contribution is 7.91. The lowest BCUT2D eigenvalue weighted by atomic mass is 10.1. The summed E-state index contributed by atoms with van der Waals surface area (Å²) >= 11 is 0. The molecule has 0 aromatic rings. The summed E-state index contributed by atoms with van der Waals surface area (Å²) in [5.41, 5.74) is 0. The Morgan fingerprint density at radius 3 is 2.50 bits per heavy atom. The van der Waals surface area contributed by atoms with Crippen LogP contribution in [0.2, 0.25) is 0 Å². The molecule has 0 amide bonds. The number of hydrogen-bond acceptors (Lipinski definition) is 4. The summed E-state index contributed by atoms with van der Waals surface area (Å²) in [4.78, 5) is 0. The number of hydrogen-bond donors (Lipinski definition) is 2. The fourth-order valence-electron chi connectivity index (χ4n) is 1.58. The number of sulfone groups is 1. The van der Waals surface area contributed by atoms with Crippen molar-refractivity contribution in [3.63, 3.8) is 0 Å². The van der Waals surface area contributed by atoms with Gasteiger partial charge in [-0.1, -0.05) is 13.8 Å². The third-order valence-electron chi connectivity index (χ3n) is 2.45. The topological polar surface area (TPSA) is 66.4 Å². The minimum absolute atomic E-state index is 0.0757. The predicted molar refractivity (Wildman–Crippen MR) is 55.9 cm³/mol. The summed E-state index contributed by atoms with van der Waals surface area (Å²) in [5.74, 6) is 0.580. The Balaban J connectivity index is 2.33. The molecule has 5 heteroatoms. The lowest BCUT2D eigenvalue weighted by Crippen LogP contribution is -2.39. The third-order valence-corrected chi connectivity index (χ3v) is 4.17. The summed E-state index contributed by atoms with van der Waals surface area (Å²) in [6, 6.07) is -0.265. The molecule has 0 bridgehead atoms. The van der Waals surface area contributed by atoms with Crippen molar-refractivity contribution < 1.29 is 13.5 Å². The first-order chi connectivity index (χ1) is 6.41. The van der Waals surface area contributed by atoms with Crippen molar-refractivity contribution in [3.05, 3.63) is 0 Å². The van der Waals surface area contributed by atoms with Crippen molar-refractivity contribution in [2.45, 2.75) is 32.4 Å². The lowest BCUT2D eigenvalue weighted by molar-refractivity contribution is 0.165. The predicted octanol–water partition coefficient (Wildman–Crippen LogP) is -0.220. The van der Waals surface area contributed by atoms with E-state index in [2.05, 4.69) is 19.2 Å². The van der Waals surface area contributed by atoms with Crippen molar-refractivity contribution in [2.75, 3.05) is 18.1 Å². The quantitative estimate of drug-likeness (QED) is 0.689. The Morgan fingerprint density at radius 2 is 2.07 bits per heavy atom. The van der Waals surface area contributed by atoms with Crippen LogP contribution >= 0.6 is 0 Å². The third kappa shape index (κ3) is 3.55. The monoisotopic (exact) mass is 221 g/mol. The van der Waals surface area contributed by atoms with Gasteiger partial charge in [0, 0.05) is 6.04 Å². The molecule has 4 nitrogen and oxygen atoms in total. The van der Waals surface area contributed by atoms with E-state index < -0.39 is 15.9 Å². The zero-order valence-electron chi connectivity index (χ0n) is 8.73. The van der Waals surface area contributed by atoms with Crippen molar-refractivity contribution in [1.29, 1.82) is 0 Å². The van der Waals surface area contributed by atoms with Gasteiger partial charge in [0.2, 0.25) is 0 Å². The normalized spacial score (nSPS) is 31.1. The second-order valence-electron chi connectivity index (χ2n) is 4.39. The van der Waals surface area contributed by atoms with Crippen LogP contribution in [0.25, 0.3) is 0 Å². The van der Waals surface area contributed by atoms with E-state index in [9.17, 15) is 13.5 Å². The van der Waals surface area contributed by atoms with Gasteiger partial charge in [-0.3, -0.25) is 0 Å². The van der Waals surface area contributed by atoms with Gasteiger partial charge in [0.05, 0.1) is 17.6 Å². The molecule has 84 valence electrons. The molecule has 1 rings (SSSR count). The number of nitrogens with one attached hydrogen (secondary N) is 1. The van der Waals surface area contributed by atoms with Crippen LogP contribution in [0.3, 0.4) is 0 Å². The maximum Gasteiger partial charge on any atom is 0.154 e. The van der Waals surface area contributed by atoms with Crippen molar-refractivity contribution in [3.8, 4) is 0 Å². The maximum atomic E-state index is 11.1. The summed E-state index contributed by atoms with van der Waals surface area (Å²) in [5, 5.41) is 12.5. The van der Waals surface area contributed by atoms with Gasteiger partial charge in [-0.25, -0.2) is 8.42 Å². The van der Waals surface area contributed by atoms with E-state index in [-0.39, 0.29) is 17.5 Å². The molecule has 14 heavy (non-hydrogen) atoms. The van der Waals surface area contributed by atoms with Crippen molar-refractivity contribution >= 4 is 9.84 Å². The summed E-state index contributed by atoms with van der Waals surface area (Å²) in [7, 11) is -3.01. The van der Waals surface area contributed by atoms with Gasteiger partial charge in [-0.15, -0.1) is 0 Å². The van der Waals surface area contributed by atoms with E-state index >= 15 is 0 Å². The highest BCUT2D eigenvalue weighted by Crippen LogP contribution is 2.12. The Bertz CT molecular complexity index is 274. The van der Waals surface area contributed by atoms with Crippen LogP contribution in [-0.2, 0) is 9.84 Å². The molecule has 0 spiro atoms. The smallest absolute Gasteiger partial charge is 0.154 e. The van der Waals surface area contributed by atoms with Crippen LogP contribution in [0.4, 0.5) is 0 Å². The fourth-order valence-corrected chi connectivity index (χ4v) is 3.36. The molecule has 0 aromatic carbocycles.